The largest absolute Gasteiger partial charge is 0.496 e. The lowest BCUT2D eigenvalue weighted by molar-refractivity contribution is -0.143. The molecule has 1 aliphatic heterocycles. The number of unbranched alkanes of at least 4 members (excludes halogenated alkanes) is 1. The topological polar surface area (TPSA) is 71.5 Å². The van der Waals surface area contributed by atoms with Gasteiger partial charge in [-0.3, -0.25) is 9.59 Å². The number of thiazole rings is 1. The molecular weight excluding hydrogens is 386 g/mol. The summed E-state index contributed by atoms with van der Waals surface area (Å²) >= 11 is 1.54. The van der Waals surface area contributed by atoms with Gasteiger partial charge in [0.15, 0.2) is 0 Å². The van der Waals surface area contributed by atoms with Gasteiger partial charge < -0.3 is 15.0 Å². The van der Waals surface area contributed by atoms with Crippen molar-refractivity contribution in [2.75, 3.05) is 13.7 Å². The zero-order valence-electron chi connectivity index (χ0n) is 17.3. The van der Waals surface area contributed by atoms with Gasteiger partial charge in [-0.15, -0.1) is 11.3 Å². The lowest BCUT2D eigenvalue weighted by atomic mass is 9.83. The number of aryl methyl sites for hydroxylation is 1. The van der Waals surface area contributed by atoms with Gasteiger partial charge in [0.1, 0.15) is 10.8 Å². The second-order valence-electron chi connectivity index (χ2n) is 7.37. The quantitative estimate of drug-likeness (QED) is 0.711. The van der Waals surface area contributed by atoms with Crippen molar-refractivity contribution in [3.05, 3.63) is 45.9 Å². The number of carbonyl (C=O) groups is 2. The predicted molar refractivity (Wildman–Crippen MR) is 114 cm³/mol. The van der Waals surface area contributed by atoms with E-state index in [0.29, 0.717) is 31.7 Å². The number of hydrogen-bond donors (Lipinski definition) is 1. The van der Waals surface area contributed by atoms with Gasteiger partial charge in [0.25, 0.3) is 0 Å². The van der Waals surface area contributed by atoms with Crippen LogP contribution >= 0.6 is 11.3 Å². The van der Waals surface area contributed by atoms with Crippen LogP contribution in [0, 0.1) is 12.8 Å². The first-order chi connectivity index (χ1) is 14.0. The van der Waals surface area contributed by atoms with Crippen LogP contribution in [0.2, 0.25) is 0 Å². The smallest absolute Gasteiger partial charge is 0.225 e. The molecule has 0 aliphatic carbocycles. The molecule has 0 bridgehead atoms. The molecule has 0 saturated carbocycles. The van der Waals surface area contributed by atoms with E-state index in [4.69, 9.17) is 4.74 Å². The number of likely N-dealkylation sites (tertiary alicyclic amines) is 1. The molecule has 1 aromatic carbocycles. The molecule has 2 heterocycles. The monoisotopic (exact) mass is 415 g/mol. The van der Waals surface area contributed by atoms with Crippen molar-refractivity contribution in [3.63, 3.8) is 0 Å². The highest BCUT2D eigenvalue weighted by Gasteiger charge is 2.41. The van der Waals surface area contributed by atoms with Crippen molar-refractivity contribution >= 4 is 23.2 Å². The van der Waals surface area contributed by atoms with E-state index in [0.717, 1.165) is 29.1 Å². The Balaban J connectivity index is 1.87. The number of benzene rings is 1. The molecule has 0 spiro atoms. The Bertz CT molecular complexity index is 851. The van der Waals surface area contributed by atoms with Gasteiger partial charge >= 0.3 is 0 Å². The number of para-hydroxylation sites is 1. The number of aromatic nitrogens is 1. The van der Waals surface area contributed by atoms with Crippen LogP contribution in [0.1, 0.15) is 54.9 Å². The van der Waals surface area contributed by atoms with Gasteiger partial charge in [0.2, 0.25) is 11.8 Å². The van der Waals surface area contributed by atoms with Crippen LogP contribution < -0.4 is 10.1 Å². The van der Waals surface area contributed by atoms with E-state index < -0.39 is 0 Å². The minimum absolute atomic E-state index is 0.0391. The van der Waals surface area contributed by atoms with E-state index in [1.807, 2.05) is 41.5 Å². The van der Waals surface area contributed by atoms with E-state index in [9.17, 15) is 9.59 Å². The van der Waals surface area contributed by atoms with Crippen molar-refractivity contribution in [1.29, 1.82) is 0 Å². The Morgan fingerprint density at radius 3 is 2.86 bits per heavy atom. The maximum Gasteiger partial charge on any atom is 0.225 e. The van der Waals surface area contributed by atoms with E-state index in [-0.39, 0.29) is 23.8 Å². The van der Waals surface area contributed by atoms with Gasteiger partial charge in [0, 0.05) is 29.6 Å². The first kappa shape index (κ1) is 21.3. The maximum atomic E-state index is 13.2. The van der Waals surface area contributed by atoms with Crippen molar-refractivity contribution in [1.82, 2.24) is 15.2 Å². The molecule has 156 valence electrons. The number of hydrogen-bond acceptors (Lipinski definition) is 5. The van der Waals surface area contributed by atoms with Crippen LogP contribution in [0.15, 0.2) is 29.6 Å². The van der Waals surface area contributed by atoms with Crippen LogP contribution in [-0.4, -0.2) is 35.4 Å². The number of piperidine rings is 1. The Labute approximate surface area is 176 Å². The van der Waals surface area contributed by atoms with E-state index in [1.165, 1.54) is 0 Å². The molecule has 7 heteroatoms. The highest BCUT2D eigenvalue weighted by molar-refractivity contribution is 7.09. The standard InChI is InChI=1S/C22H29N3O3S/c1-4-5-12-25-20(26)11-10-17(21(25)16-8-6-7-9-18(16)28-3)22(27)23-13-19-24-15(2)14-29-19/h6-9,14,17,21H,4-5,10-13H2,1-3H3,(H,23,27). The summed E-state index contributed by atoms with van der Waals surface area (Å²) in [7, 11) is 1.62. The van der Waals surface area contributed by atoms with Crippen LogP contribution in [0.25, 0.3) is 0 Å². The van der Waals surface area contributed by atoms with Crippen LogP contribution in [0.4, 0.5) is 0 Å². The Morgan fingerprint density at radius 2 is 2.17 bits per heavy atom. The fourth-order valence-electron chi connectivity index (χ4n) is 3.89. The third kappa shape index (κ3) is 4.96. The third-order valence-corrected chi connectivity index (χ3v) is 6.30. The van der Waals surface area contributed by atoms with E-state index in [2.05, 4.69) is 17.2 Å². The first-order valence-electron chi connectivity index (χ1n) is 10.2. The van der Waals surface area contributed by atoms with Crippen LogP contribution in [-0.2, 0) is 16.1 Å². The Kier molecular flexibility index (Phi) is 7.25. The molecule has 3 rings (SSSR count). The molecule has 6 nitrogen and oxygen atoms in total. The second kappa shape index (κ2) is 9.87. The number of rotatable bonds is 8. The van der Waals surface area contributed by atoms with Crippen LogP contribution in [0.5, 0.6) is 5.75 Å². The minimum atomic E-state index is -0.322. The van der Waals surface area contributed by atoms with Crippen molar-refractivity contribution < 1.29 is 14.3 Å². The van der Waals surface area contributed by atoms with Crippen molar-refractivity contribution in [2.24, 2.45) is 5.92 Å². The van der Waals surface area contributed by atoms with E-state index >= 15 is 0 Å². The van der Waals surface area contributed by atoms with Crippen molar-refractivity contribution in [2.45, 2.75) is 52.1 Å². The number of amides is 2. The molecule has 2 unspecified atom stereocenters. The average Bonchev–Trinajstić information content (AvgIpc) is 3.16. The number of nitrogens with zero attached hydrogens (tertiary/aromatic N) is 2. The summed E-state index contributed by atoms with van der Waals surface area (Å²) in [6, 6.07) is 7.37. The molecular formula is C22H29N3O3S. The lowest BCUT2D eigenvalue weighted by Gasteiger charge is -2.41. The summed E-state index contributed by atoms with van der Waals surface area (Å²) in [6.45, 7) is 5.10. The summed E-state index contributed by atoms with van der Waals surface area (Å²) in [4.78, 5) is 32.3. The summed E-state index contributed by atoms with van der Waals surface area (Å²) in [5.41, 5.74) is 1.85. The average molecular weight is 416 g/mol. The normalized spacial score (nSPS) is 19.3. The molecule has 2 aromatic rings. The molecule has 0 radical (unpaired) electrons. The van der Waals surface area contributed by atoms with Gasteiger partial charge in [-0.1, -0.05) is 31.5 Å². The molecule has 1 aliphatic rings. The second-order valence-corrected chi connectivity index (χ2v) is 8.32. The molecule has 1 N–H and O–H groups in total. The molecule has 1 aromatic heterocycles. The third-order valence-electron chi connectivity index (χ3n) is 5.33. The molecule has 2 amide bonds. The molecule has 1 saturated heterocycles. The number of carbonyl (C=O) groups excluding carboxylic acids is 2. The summed E-state index contributed by atoms with van der Waals surface area (Å²) in [6.07, 6.45) is 2.82. The fourth-order valence-corrected chi connectivity index (χ4v) is 4.60. The minimum Gasteiger partial charge on any atom is -0.496 e. The zero-order chi connectivity index (χ0) is 20.8. The maximum absolute atomic E-state index is 13.2. The van der Waals surface area contributed by atoms with Crippen LogP contribution in [0.3, 0.4) is 0 Å². The first-order valence-corrected chi connectivity index (χ1v) is 11.0. The number of methoxy groups -OCH3 is 1. The van der Waals surface area contributed by atoms with E-state index in [1.54, 1.807) is 18.4 Å². The molecule has 29 heavy (non-hydrogen) atoms. The Hall–Kier alpha value is -2.41. The van der Waals surface area contributed by atoms with Crippen molar-refractivity contribution in [3.8, 4) is 5.75 Å². The lowest BCUT2D eigenvalue weighted by Crippen LogP contribution is -2.48. The van der Waals surface area contributed by atoms with Gasteiger partial charge in [-0.2, -0.15) is 0 Å². The number of ether oxygens (including phenoxy) is 1. The molecule has 1 fully saturated rings. The summed E-state index contributed by atoms with van der Waals surface area (Å²) in [5, 5.41) is 5.91. The zero-order valence-corrected chi connectivity index (χ0v) is 18.1. The highest BCUT2D eigenvalue weighted by atomic mass is 32.1. The Morgan fingerprint density at radius 1 is 1.38 bits per heavy atom. The molecule has 2 atom stereocenters. The van der Waals surface area contributed by atoms with Gasteiger partial charge in [-0.05, 0) is 25.8 Å². The predicted octanol–water partition coefficient (Wildman–Crippen LogP) is 3.86. The fraction of sp³-hybridized carbons (Fsp3) is 0.500. The van der Waals surface area contributed by atoms with Gasteiger partial charge in [0.05, 0.1) is 25.6 Å². The highest BCUT2D eigenvalue weighted by Crippen LogP contribution is 2.40. The SMILES string of the molecule is CCCCN1C(=O)CCC(C(=O)NCc2nc(C)cs2)C1c1ccccc1OC. The number of nitrogens with one attached hydrogen (secondary N) is 1. The summed E-state index contributed by atoms with van der Waals surface area (Å²) in [5.74, 6) is 0.459. The van der Waals surface area contributed by atoms with Gasteiger partial charge in [-0.25, -0.2) is 4.98 Å². The summed E-state index contributed by atoms with van der Waals surface area (Å²) < 4.78 is 5.57.